The molecule has 0 radical (unpaired) electrons. The smallest absolute Gasteiger partial charge is 0.305 e. The molecule has 0 saturated carbocycles. The van der Waals surface area contributed by atoms with Crippen molar-refractivity contribution in [2.45, 2.75) is 12.8 Å². The van der Waals surface area contributed by atoms with Crippen molar-refractivity contribution < 1.29 is 13.2 Å². The van der Waals surface area contributed by atoms with Crippen molar-refractivity contribution in [2.75, 3.05) is 29.5 Å². The second-order valence-electron chi connectivity index (χ2n) is 4.30. The Balaban J connectivity index is 2.30. The molecule has 0 bridgehead atoms. The van der Waals surface area contributed by atoms with E-state index in [0.29, 0.717) is 36.7 Å². The molecule has 110 valence electrons. The second kappa shape index (κ2) is 7.09. The monoisotopic (exact) mass is 319 g/mol. The Bertz CT molecular complexity index is 532. The maximum absolute atomic E-state index is 12.8. The normalized spacial score (nSPS) is 16.4. The molecule has 1 fully saturated rings. The molecule has 2 heterocycles. The van der Waals surface area contributed by atoms with Gasteiger partial charge in [-0.15, -0.1) is 3.89 Å². The van der Waals surface area contributed by atoms with E-state index in [-0.39, 0.29) is 24.6 Å². The highest BCUT2D eigenvalue weighted by molar-refractivity contribution is 7.92. The third kappa shape index (κ3) is 3.53. The van der Waals surface area contributed by atoms with Crippen LogP contribution in [0, 0.1) is 0 Å². The molecule has 9 heteroatoms. The fourth-order valence-electron chi connectivity index (χ4n) is 1.94. The summed E-state index contributed by atoms with van der Waals surface area (Å²) >= 11 is -1.05. The summed E-state index contributed by atoms with van der Waals surface area (Å²) in [6, 6.07) is 0. The molecule has 0 aliphatic carbocycles. The van der Waals surface area contributed by atoms with Crippen LogP contribution in [-0.2, 0) is 22.4 Å². The zero-order valence-electron chi connectivity index (χ0n) is 10.7. The van der Waals surface area contributed by atoms with E-state index in [1.807, 2.05) is 0 Å². The Morgan fingerprint density at radius 3 is 2.80 bits per heavy atom. The van der Waals surface area contributed by atoms with E-state index in [4.69, 9.17) is 0 Å². The van der Waals surface area contributed by atoms with Crippen LogP contribution < -0.4 is 10.5 Å². The van der Waals surface area contributed by atoms with Gasteiger partial charge in [0.15, 0.2) is 18.2 Å². The molecule has 1 aliphatic heterocycles. The standard InChI is InChI=1S/C11H14FN3O3S2/c12-19-15-8-9(2-1-5-16)13-10(11(15)17)14-3-6-20(18)7-4-14/h5,8H,1-4,6-7H2. The lowest BCUT2D eigenvalue weighted by Crippen LogP contribution is -2.43. The van der Waals surface area contributed by atoms with E-state index in [9.17, 15) is 18.0 Å². The summed E-state index contributed by atoms with van der Waals surface area (Å²) in [5, 5.41) is 0. The molecule has 0 N–H and O–H groups in total. The zero-order chi connectivity index (χ0) is 14.5. The molecule has 1 aromatic rings. The van der Waals surface area contributed by atoms with Crippen LogP contribution in [0.2, 0.25) is 0 Å². The Labute approximate surface area is 123 Å². The van der Waals surface area contributed by atoms with E-state index in [1.165, 1.54) is 6.20 Å². The highest BCUT2D eigenvalue weighted by atomic mass is 32.2. The predicted octanol–water partition coefficient (Wildman–Crippen LogP) is 0.324. The summed E-state index contributed by atoms with van der Waals surface area (Å²) in [4.78, 5) is 28.4. The lowest BCUT2D eigenvalue weighted by atomic mass is 10.2. The van der Waals surface area contributed by atoms with Crippen LogP contribution in [0.1, 0.15) is 12.1 Å². The molecule has 0 unspecified atom stereocenters. The van der Waals surface area contributed by atoms with Crippen LogP contribution in [0.4, 0.5) is 9.70 Å². The summed E-state index contributed by atoms with van der Waals surface area (Å²) in [6.45, 7) is 0.922. The van der Waals surface area contributed by atoms with E-state index in [1.54, 1.807) is 4.90 Å². The average molecular weight is 319 g/mol. The number of aldehydes is 1. The van der Waals surface area contributed by atoms with Gasteiger partial charge in [0.05, 0.1) is 18.8 Å². The third-order valence-electron chi connectivity index (χ3n) is 2.98. The van der Waals surface area contributed by atoms with Gasteiger partial charge in [-0.2, -0.15) is 0 Å². The van der Waals surface area contributed by atoms with Crippen molar-refractivity contribution in [3.05, 3.63) is 22.2 Å². The number of carbonyl (C=O) groups excluding carboxylic acids is 1. The van der Waals surface area contributed by atoms with Crippen LogP contribution in [0.5, 0.6) is 0 Å². The Morgan fingerprint density at radius 1 is 1.50 bits per heavy atom. The highest BCUT2D eigenvalue weighted by Gasteiger charge is 2.24. The van der Waals surface area contributed by atoms with Crippen molar-refractivity contribution in [2.24, 2.45) is 0 Å². The fraction of sp³-hybridized carbons (Fsp3) is 0.545. The minimum atomic E-state index is -0.862. The molecular formula is C11H14FN3O3S2. The molecule has 0 spiro atoms. The first-order chi connectivity index (χ1) is 9.65. The number of nitrogens with zero attached hydrogens (tertiary/aromatic N) is 3. The maximum atomic E-state index is 12.8. The molecule has 1 aliphatic rings. The van der Waals surface area contributed by atoms with Crippen molar-refractivity contribution in [1.29, 1.82) is 0 Å². The highest BCUT2D eigenvalue weighted by Crippen LogP contribution is 2.14. The van der Waals surface area contributed by atoms with Crippen LogP contribution >= 0.6 is 12.3 Å². The fourth-order valence-corrected chi connectivity index (χ4v) is 3.30. The van der Waals surface area contributed by atoms with Gasteiger partial charge in [-0.25, -0.2) is 8.96 Å². The van der Waals surface area contributed by atoms with Crippen molar-refractivity contribution in [3.8, 4) is 0 Å². The van der Waals surface area contributed by atoms with Crippen molar-refractivity contribution >= 4 is 35.6 Å². The number of aromatic nitrogens is 2. The van der Waals surface area contributed by atoms with Crippen LogP contribution in [0.3, 0.4) is 0 Å². The molecule has 0 amide bonds. The summed E-state index contributed by atoms with van der Waals surface area (Å²) in [6.07, 6.45) is 2.69. The van der Waals surface area contributed by atoms with Gasteiger partial charge in [0.2, 0.25) is 0 Å². The molecule has 2 rings (SSSR count). The van der Waals surface area contributed by atoms with Crippen LogP contribution in [0.25, 0.3) is 0 Å². The number of halogens is 1. The largest absolute Gasteiger partial charge is 0.616 e. The molecule has 6 nitrogen and oxygen atoms in total. The molecule has 1 saturated heterocycles. The van der Waals surface area contributed by atoms with Gasteiger partial charge in [0.1, 0.15) is 17.8 Å². The topological polar surface area (TPSA) is 78.3 Å². The summed E-state index contributed by atoms with van der Waals surface area (Å²) in [7, 11) is 0. The van der Waals surface area contributed by atoms with E-state index < -0.39 is 16.7 Å². The van der Waals surface area contributed by atoms with E-state index in [2.05, 4.69) is 4.98 Å². The van der Waals surface area contributed by atoms with Gasteiger partial charge in [-0.1, -0.05) is 11.2 Å². The Kier molecular flexibility index (Phi) is 5.44. The minimum absolute atomic E-state index is 0.162. The van der Waals surface area contributed by atoms with Crippen molar-refractivity contribution in [3.63, 3.8) is 0 Å². The number of rotatable bonds is 5. The summed E-state index contributed by atoms with van der Waals surface area (Å²) in [5.74, 6) is 1.11. The van der Waals surface area contributed by atoms with E-state index in [0.717, 1.165) is 10.3 Å². The first kappa shape index (κ1) is 15.3. The lowest BCUT2D eigenvalue weighted by molar-refractivity contribution is -0.107. The number of hydrogen-bond acceptors (Lipinski definition) is 6. The third-order valence-corrected chi connectivity index (χ3v) is 4.67. The van der Waals surface area contributed by atoms with Gasteiger partial charge in [0.25, 0.3) is 0 Å². The average Bonchev–Trinajstić information content (AvgIpc) is 2.47. The number of carbonyl (C=O) groups is 1. The van der Waals surface area contributed by atoms with Gasteiger partial charge in [0, 0.05) is 12.6 Å². The molecule has 0 atom stereocenters. The molecule has 1 aromatic heterocycles. The SMILES string of the molecule is O=CCCc1cn(SF)c(=O)c(N2CC[S+]([O-])CC2)n1. The number of aryl methyl sites for hydroxylation is 1. The van der Waals surface area contributed by atoms with Crippen molar-refractivity contribution in [1.82, 2.24) is 8.96 Å². The van der Waals surface area contributed by atoms with Gasteiger partial charge < -0.3 is 14.2 Å². The first-order valence-corrected chi connectivity index (χ1v) is 8.27. The van der Waals surface area contributed by atoms with E-state index >= 15 is 0 Å². The first-order valence-electron chi connectivity index (χ1n) is 6.11. The molecular weight excluding hydrogens is 305 g/mol. The number of hydrogen-bond donors (Lipinski definition) is 0. The second-order valence-corrected chi connectivity index (χ2v) is 6.52. The Morgan fingerprint density at radius 2 is 2.20 bits per heavy atom. The summed E-state index contributed by atoms with van der Waals surface area (Å²) in [5.41, 5.74) is -0.0384. The molecule has 20 heavy (non-hydrogen) atoms. The van der Waals surface area contributed by atoms with Crippen LogP contribution in [0.15, 0.2) is 11.0 Å². The maximum Gasteiger partial charge on any atom is 0.305 e. The predicted molar refractivity (Wildman–Crippen MR) is 77.1 cm³/mol. The summed E-state index contributed by atoms with van der Waals surface area (Å²) < 4.78 is 25.0. The van der Waals surface area contributed by atoms with Gasteiger partial charge in [-0.05, 0) is 6.42 Å². The number of anilines is 1. The quantitative estimate of drug-likeness (QED) is 0.575. The minimum Gasteiger partial charge on any atom is -0.616 e. The van der Waals surface area contributed by atoms with Crippen LogP contribution in [-0.4, -0.2) is 44.4 Å². The lowest BCUT2D eigenvalue weighted by Gasteiger charge is -2.28. The zero-order valence-corrected chi connectivity index (χ0v) is 12.3. The van der Waals surface area contributed by atoms with Gasteiger partial charge in [-0.3, -0.25) is 4.79 Å². The Hall–Kier alpha value is -1.06. The van der Waals surface area contributed by atoms with Gasteiger partial charge >= 0.3 is 5.56 Å². The molecule has 0 aromatic carbocycles.